The molecule has 1 saturated carbocycles. The fourth-order valence-electron chi connectivity index (χ4n) is 3.86. The van der Waals surface area contributed by atoms with Crippen LogP contribution in [0.4, 0.5) is 0 Å². The van der Waals surface area contributed by atoms with Crippen LogP contribution in [0, 0.1) is 17.8 Å². The van der Waals surface area contributed by atoms with Crippen molar-refractivity contribution < 1.29 is 19.1 Å². The molecule has 4 nitrogen and oxygen atoms in total. The Kier molecular flexibility index (Phi) is 14.1. The van der Waals surface area contributed by atoms with Crippen molar-refractivity contribution >= 4 is 11.9 Å². The Morgan fingerprint density at radius 2 is 1.14 bits per heavy atom. The van der Waals surface area contributed by atoms with E-state index < -0.39 is 0 Å². The molecule has 0 unspecified atom stereocenters. The quantitative estimate of drug-likeness (QED) is 0.235. The summed E-state index contributed by atoms with van der Waals surface area (Å²) in [6.45, 7) is 7.79. The standard InChI is InChI=1S/C24H44O4/c1-4-5-6-11-18-27-23(25)21-14-16-22(17-15-21)24(26)28-19-12-9-7-8-10-13-20(2)3/h20-22H,4-19H2,1-3H3. The number of rotatable bonds is 15. The predicted octanol–water partition coefficient (Wildman–Crippen LogP) is 6.46. The third-order valence-electron chi connectivity index (χ3n) is 5.81. The normalized spacial score (nSPS) is 19.6. The summed E-state index contributed by atoms with van der Waals surface area (Å²) in [5, 5.41) is 0. The Balaban J connectivity index is 2.03. The summed E-state index contributed by atoms with van der Waals surface area (Å²) in [5.41, 5.74) is 0. The first-order valence-corrected chi connectivity index (χ1v) is 11.9. The monoisotopic (exact) mass is 396 g/mol. The van der Waals surface area contributed by atoms with Crippen LogP contribution >= 0.6 is 0 Å². The van der Waals surface area contributed by atoms with E-state index in [0.29, 0.717) is 13.2 Å². The summed E-state index contributed by atoms with van der Waals surface area (Å²) in [6.07, 6.45) is 14.7. The summed E-state index contributed by atoms with van der Waals surface area (Å²) in [6, 6.07) is 0. The van der Waals surface area contributed by atoms with Gasteiger partial charge in [0.2, 0.25) is 0 Å². The molecule has 0 spiro atoms. The molecule has 0 radical (unpaired) electrons. The lowest BCUT2D eigenvalue weighted by atomic mass is 9.82. The maximum atomic E-state index is 12.2. The van der Waals surface area contributed by atoms with E-state index in [2.05, 4.69) is 20.8 Å². The largest absolute Gasteiger partial charge is 0.465 e. The molecule has 0 heterocycles. The van der Waals surface area contributed by atoms with Gasteiger partial charge in [0.1, 0.15) is 0 Å². The topological polar surface area (TPSA) is 52.6 Å². The summed E-state index contributed by atoms with van der Waals surface area (Å²) in [5.74, 6) is 0.608. The molecule has 0 aromatic carbocycles. The minimum atomic E-state index is -0.0687. The van der Waals surface area contributed by atoms with Crippen LogP contribution in [0.3, 0.4) is 0 Å². The Morgan fingerprint density at radius 3 is 1.61 bits per heavy atom. The summed E-state index contributed by atoms with van der Waals surface area (Å²) >= 11 is 0. The van der Waals surface area contributed by atoms with E-state index >= 15 is 0 Å². The van der Waals surface area contributed by atoms with Crippen LogP contribution in [0.1, 0.15) is 111 Å². The molecule has 0 aliphatic heterocycles. The van der Waals surface area contributed by atoms with Gasteiger partial charge in [-0.3, -0.25) is 9.59 Å². The molecule has 0 N–H and O–H groups in total. The lowest BCUT2D eigenvalue weighted by molar-refractivity contribution is -0.155. The van der Waals surface area contributed by atoms with Gasteiger partial charge in [0.15, 0.2) is 0 Å². The number of unbranched alkanes of at least 4 members (excludes halogenated alkanes) is 7. The maximum Gasteiger partial charge on any atom is 0.308 e. The summed E-state index contributed by atoms with van der Waals surface area (Å²) < 4.78 is 10.9. The molecule has 4 heteroatoms. The fraction of sp³-hybridized carbons (Fsp3) is 0.917. The van der Waals surface area contributed by atoms with E-state index in [4.69, 9.17) is 9.47 Å². The molecule has 1 aliphatic rings. The van der Waals surface area contributed by atoms with Gasteiger partial charge >= 0.3 is 11.9 Å². The van der Waals surface area contributed by atoms with Gasteiger partial charge in [-0.2, -0.15) is 0 Å². The average Bonchev–Trinajstić information content (AvgIpc) is 2.69. The first kappa shape index (κ1) is 25.0. The molecule has 0 atom stereocenters. The number of carbonyl (C=O) groups excluding carboxylic acids is 2. The number of hydrogen-bond donors (Lipinski definition) is 0. The average molecular weight is 397 g/mol. The second-order valence-corrected chi connectivity index (χ2v) is 8.89. The Hall–Kier alpha value is -1.06. The number of hydrogen-bond acceptors (Lipinski definition) is 4. The van der Waals surface area contributed by atoms with Gasteiger partial charge in [-0.1, -0.05) is 72.1 Å². The van der Waals surface area contributed by atoms with Gasteiger partial charge in [0, 0.05) is 0 Å². The van der Waals surface area contributed by atoms with Gasteiger partial charge in [0.05, 0.1) is 25.0 Å². The molecule has 28 heavy (non-hydrogen) atoms. The van der Waals surface area contributed by atoms with Crippen LogP contribution in [0.2, 0.25) is 0 Å². The Morgan fingerprint density at radius 1 is 0.714 bits per heavy atom. The first-order valence-electron chi connectivity index (χ1n) is 11.9. The zero-order valence-electron chi connectivity index (χ0n) is 18.7. The number of ether oxygens (including phenoxy) is 2. The highest BCUT2D eigenvalue weighted by molar-refractivity contribution is 5.75. The fourth-order valence-corrected chi connectivity index (χ4v) is 3.86. The molecule has 1 fully saturated rings. The van der Waals surface area contributed by atoms with Crippen molar-refractivity contribution in [3.63, 3.8) is 0 Å². The van der Waals surface area contributed by atoms with Crippen LogP contribution in [0.5, 0.6) is 0 Å². The number of esters is 2. The first-order chi connectivity index (χ1) is 13.5. The zero-order chi connectivity index (χ0) is 20.6. The second kappa shape index (κ2) is 15.8. The van der Waals surface area contributed by atoms with E-state index in [1.807, 2.05) is 0 Å². The van der Waals surface area contributed by atoms with E-state index in [0.717, 1.165) is 57.3 Å². The molecule has 0 aromatic rings. The van der Waals surface area contributed by atoms with Crippen molar-refractivity contribution in [3.8, 4) is 0 Å². The molecule has 0 aromatic heterocycles. The van der Waals surface area contributed by atoms with Crippen molar-refractivity contribution in [2.45, 2.75) is 111 Å². The molecule has 0 amide bonds. The van der Waals surface area contributed by atoms with Crippen molar-refractivity contribution in [1.29, 1.82) is 0 Å². The predicted molar refractivity (Wildman–Crippen MR) is 114 cm³/mol. The van der Waals surface area contributed by atoms with Crippen LogP contribution in [0.15, 0.2) is 0 Å². The van der Waals surface area contributed by atoms with Crippen LogP contribution < -0.4 is 0 Å². The molecular formula is C24H44O4. The van der Waals surface area contributed by atoms with Crippen LogP contribution in [-0.4, -0.2) is 25.2 Å². The van der Waals surface area contributed by atoms with Gasteiger partial charge in [-0.25, -0.2) is 0 Å². The molecule has 1 aliphatic carbocycles. The maximum absolute atomic E-state index is 12.2. The number of carbonyl (C=O) groups is 2. The van der Waals surface area contributed by atoms with Crippen molar-refractivity contribution in [2.24, 2.45) is 17.8 Å². The van der Waals surface area contributed by atoms with E-state index in [1.54, 1.807) is 0 Å². The highest BCUT2D eigenvalue weighted by Gasteiger charge is 2.31. The molecule has 0 saturated heterocycles. The van der Waals surface area contributed by atoms with E-state index in [9.17, 15) is 9.59 Å². The van der Waals surface area contributed by atoms with Crippen molar-refractivity contribution in [1.82, 2.24) is 0 Å². The van der Waals surface area contributed by atoms with Crippen molar-refractivity contribution in [2.75, 3.05) is 13.2 Å². The second-order valence-electron chi connectivity index (χ2n) is 8.89. The van der Waals surface area contributed by atoms with Gasteiger partial charge in [-0.15, -0.1) is 0 Å². The molecule has 0 bridgehead atoms. The van der Waals surface area contributed by atoms with Gasteiger partial charge in [0.25, 0.3) is 0 Å². The summed E-state index contributed by atoms with van der Waals surface area (Å²) in [4.78, 5) is 24.3. The minimum absolute atomic E-state index is 0.0268. The Labute approximate surface area is 173 Å². The van der Waals surface area contributed by atoms with E-state index in [1.165, 1.54) is 38.5 Å². The summed E-state index contributed by atoms with van der Waals surface area (Å²) in [7, 11) is 0. The SMILES string of the molecule is CCCCCCOC(=O)C1CCC(C(=O)OCCCCCCCC(C)C)CC1. The minimum Gasteiger partial charge on any atom is -0.465 e. The van der Waals surface area contributed by atoms with Gasteiger partial charge in [-0.05, 0) is 44.4 Å². The van der Waals surface area contributed by atoms with Gasteiger partial charge < -0.3 is 9.47 Å². The molecule has 164 valence electrons. The lowest BCUT2D eigenvalue weighted by Gasteiger charge is -2.26. The lowest BCUT2D eigenvalue weighted by Crippen LogP contribution is -2.28. The smallest absolute Gasteiger partial charge is 0.308 e. The Bertz CT molecular complexity index is 411. The van der Waals surface area contributed by atoms with Crippen molar-refractivity contribution in [3.05, 3.63) is 0 Å². The molecule has 1 rings (SSSR count). The van der Waals surface area contributed by atoms with Crippen LogP contribution in [0.25, 0.3) is 0 Å². The van der Waals surface area contributed by atoms with E-state index in [-0.39, 0.29) is 23.8 Å². The highest BCUT2D eigenvalue weighted by Crippen LogP contribution is 2.30. The third-order valence-corrected chi connectivity index (χ3v) is 5.81. The molecular weight excluding hydrogens is 352 g/mol. The zero-order valence-corrected chi connectivity index (χ0v) is 18.7. The third kappa shape index (κ3) is 11.7. The highest BCUT2D eigenvalue weighted by atomic mass is 16.5. The van der Waals surface area contributed by atoms with Crippen LogP contribution in [-0.2, 0) is 19.1 Å².